The van der Waals surface area contributed by atoms with Crippen molar-refractivity contribution in [3.05, 3.63) is 34.9 Å². The van der Waals surface area contributed by atoms with Crippen molar-refractivity contribution >= 4 is 17.6 Å². The second kappa shape index (κ2) is 3.51. The highest BCUT2D eigenvalue weighted by atomic mass is 35.5. The van der Waals surface area contributed by atoms with Crippen LogP contribution in [0.25, 0.3) is 0 Å². The maximum absolute atomic E-state index is 11.0. The smallest absolute Gasteiger partial charge is 0.312 e. The van der Waals surface area contributed by atoms with Crippen molar-refractivity contribution in [2.24, 2.45) is 5.41 Å². The van der Waals surface area contributed by atoms with E-state index in [9.17, 15) is 4.79 Å². The van der Waals surface area contributed by atoms with Crippen LogP contribution in [-0.2, 0) is 4.79 Å². The zero-order valence-electron chi connectivity index (χ0n) is 7.98. The highest BCUT2D eigenvalue weighted by Crippen LogP contribution is 2.60. The van der Waals surface area contributed by atoms with E-state index in [1.807, 2.05) is 12.1 Å². The number of benzene rings is 1. The van der Waals surface area contributed by atoms with E-state index in [0.29, 0.717) is 11.4 Å². The largest absolute Gasteiger partial charge is 0.481 e. The SMILES string of the molecule is O=C(O)C1(CO)CC1c1ccccc1Cl. The Morgan fingerprint density at radius 2 is 2.20 bits per heavy atom. The lowest BCUT2D eigenvalue weighted by Crippen LogP contribution is -2.21. The number of aliphatic carboxylic acids is 1. The molecule has 1 aromatic carbocycles. The molecule has 0 spiro atoms. The van der Waals surface area contributed by atoms with Crippen LogP contribution in [0.5, 0.6) is 0 Å². The van der Waals surface area contributed by atoms with Crippen LogP contribution >= 0.6 is 11.6 Å². The fourth-order valence-electron chi connectivity index (χ4n) is 1.95. The summed E-state index contributed by atoms with van der Waals surface area (Å²) in [6, 6.07) is 7.17. The molecule has 1 saturated carbocycles. The lowest BCUT2D eigenvalue weighted by atomic mass is 10.0. The van der Waals surface area contributed by atoms with Gasteiger partial charge in [0.2, 0.25) is 0 Å². The molecule has 0 amide bonds. The molecule has 0 heterocycles. The second-order valence-electron chi connectivity index (χ2n) is 3.90. The van der Waals surface area contributed by atoms with Crippen LogP contribution in [0.2, 0.25) is 5.02 Å². The van der Waals surface area contributed by atoms with Gasteiger partial charge in [-0.3, -0.25) is 4.79 Å². The number of hydrogen-bond donors (Lipinski definition) is 2. The van der Waals surface area contributed by atoms with Crippen molar-refractivity contribution in [3.63, 3.8) is 0 Å². The molecular formula is C11H11ClO3. The first kappa shape index (κ1) is 10.5. The Kier molecular flexibility index (Phi) is 2.44. The predicted octanol–water partition coefficient (Wildman–Crippen LogP) is 1.89. The molecule has 0 aliphatic heterocycles. The molecule has 2 unspecified atom stereocenters. The summed E-state index contributed by atoms with van der Waals surface area (Å²) in [5, 5.41) is 18.7. The summed E-state index contributed by atoms with van der Waals surface area (Å²) < 4.78 is 0. The van der Waals surface area contributed by atoms with Gasteiger partial charge >= 0.3 is 5.97 Å². The third-order valence-electron chi connectivity index (χ3n) is 3.06. The molecule has 1 aliphatic carbocycles. The predicted molar refractivity (Wildman–Crippen MR) is 56.0 cm³/mol. The Balaban J connectivity index is 2.30. The van der Waals surface area contributed by atoms with Crippen LogP contribution in [0, 0.1) is 5.41 Å². The summed E-state index contributed by atoms with van der Waals surface area (Å²) in [5.74, 6) is -1.11. The van der Waals surface area contributed by atoms with Gasteiger partial charge in [-0.1, -0.05) is 29.8 Å². The standard InChI is InChI=1S/C11H11ClO3/c12-9-4-2-1-3-7(9)8-5-11(8,6-13)10(14)15/h1-4,8,13H,5-6H2,(H,14,15). The quantitative estimate of drug-likeness (QED) is 0.828. The minimum atomic E-state index is -1.01. The van der Waals surface area contributed by atoms with Crippen LogP contribution in [0.1, 0.15) is 17.9 Å². The minimum absolute atomic E-state index is 0.159. The van der Waals surface area contributed by atoms with Crippen LogP contribution in [-0.4, -0.2) is 22.8 Å². The highest BCUT2D eigenvalue weighted by molar-refractivity contribution is 6.31. The van der Waals surface area contributed by atoms with Crippen LogP contribution in [0.4, 0.5) is 0 Å². The first-order valence-corrected chi connectivity index (χ1v) is 5.08. The molecule has 0 bridgehead atoms. The first-order chi connectivity index (χ1) is 7.12. The van der Waals surface area contributed by atoms with E-state index >= 15 is 0 Å². The van der Waals surface area contributed by atoms with Crippen LogP contribution in [0.15, 0.2) is 24.3 Å². The van der Waals surface area contributed by atoms with E-state index in [2.05, 4.69) is 0 Å². The lowest BCUT2D eigenvalue weighted by Gasteiger charge is -2.09. The van der Waals surface area contributed by atoms with Gasteiger partial charge in [-0.05, 0) is 18.1 Å². The molecule has 15 heavy (non-hydrogen) atoms. The molecule has 1 aromatic rings. The van der Waals surface area contributed by atoms with Gasteiger partial charge in [0, 0.05) is 10.9 Å². The van der Waals surface area contributed by atoms with Gasteiger partial charge in [0.25, 0.3) is 0 Å². The van der Waals surface area contributed by atoms with E-state index in [4.69, 9.17) is 21.8 Å². The van der Waals surface area contributed by atoms with Crippen molar-refractivity contribution in [3.8, 4) is 0 Å². The van der Waals surface area contributed by atoms with Gasteiger partial charge in [-0.2, -0.15) is 0 Å². The molecule has 2 atom stereocenters. The lowest BCUT2D eigenvalue weighted by molar-refractivity contribution is -0.145. The zero-order chi connectivity index (χ0) is 11.1. The van der Waals surface area contributed by atoms with E-state index in [1.165, 1.54) is 0 Å². The Morgan fingerprint density at radius 3 is 2.67 bits per heavy atom. The Morgan fingerprint density at radius 1 is 1.53 bits per heavy atom. The summed E-state index contributed by atoms with van der Waals surface area (Å²) in [6.45, 7) is -0.335. The van der Waals surface area contributed by atoms with Crippen LogP contribution in [0.3, 0.4) is 0 Å². The summed E-state index contributed by atoms with van der Waals surface area (Å²) >= 11 is 5.97. The molecule has 0 aromatic heterocycles. The number of carboxylic acids is 1. The van der Waals surface area contributed by atoms with Crippen LogP contribution < -0.4 is 0 Å². The van der Waals surface area contributed by atoms with Gasteiger partial charge in [-0.15, -0.1) is 0 Å². The maximum atomic E-state index is 11.0. The molecule has 4 heteroatoms. The van der Waals surface area contributed by atoms with Crippen molar-refractivity contribution in [1.29, 1.82) is 0 Å². The molecule has 1 aliphatic rings. The van der Waals surface area contributed by atoms with E-state index in [-0.39, 0.29) is 12.5 Å². The van der Waals surface area contributed by atoms with Crippen molar-refractivity contribution in [2.45, 2.75) is 12.3 Å². The Labute approximate surface area is 92.3 Å². The average molecular weight is 227 g/mol. The first-order valence-electron chi connectivity index (χ1n) is 4.70. The Bertz CT molecular complexity index is 405. The molecule has 3 nitrogen and oxygen atoms in total. The average Bonchev–Trinajstić information content (AvgIpc) is 2.94. The second-order valence-corrected chi connectivity index (χ2v) is 4.30. The molecule has 0 radical (unpaired) electrons. The van der Waals surface area contributed by atoms with E-state index < -0.39 is 11.4 Å². The normalized spacial score (nSPS) is 28.8. The number of halogens is 1. The van der Waals surface area contributed by atoms with Gasteiger partial charge in [0.1, 0.15) is 0 Å². The fraction of sp³-hybridized carbons (Fsp3) is 0.364. The number of carbonyl (C=O) groups is 1. The number of rotatable bonds is 3. The summed E-state index contributed by atoms with van der Waals surface area (Å²) in [4.78, 5) is 11.0. The molecule has 2 rings (SSSR count). The molecule has 2 N–H and O–H groups in total. The van der Waals surface area contributed by atoms with Crippen molar-refractivity contribution in [2.75, 3.05) is 6.61 Å². The molecule has 0 saturated heterocycles. The summed E-state index contributed by atoms with van der Waals surface area (Å²) in [5.41, 5.74) is -0.194. The third-order valence-corrected chi connectivity index (χ3v) is 3.41. The molecular weight excluding hydrogens is 216 g/mol. The number of hydrogen-bond acceptors (Lipinski definition) is 2. The Hall–Kier alpha value is -1.06. The zero-order valence-corrected chi connectivity index (χ0v) is 8.74. The topological polar surface area (TPSA) is 57.5 Å². The maximum Gasteiger partial charge on any atom is 0.312 e. The van der Waals surface area contributed by atoms with Gasteiger partial charge in [0.15, 0.2) is 0 Å². The number of carboxylic acid groups (broad SMARTS) is 1. The molecule has 1 fully saturated rings. The number of aliphatic hydroxyl groups excluding tert-OH is 1. The van der Waals surface area contributed by atoms with Gasteiger partial charge in [-0.25, -0.2) is 0 Å². The van der Waals surface area contributed by atoms with Gasteiger partial charge in [0.05, 0.1) is 12.0 Å². The minimum Gasteiger partial charge on any atom is -0.481 e. The summed E-state index contributed by atoms with van der Waals surface area (Å²) in [7, 11) is 0. The third kappa shape index (κ3) is 1.52. The molecule has 80 valence electrons. The van der Waals surface area contributed by atoms with E-state index in [0.717, 1.165) is 5.56 Å². The monoisotopic (exact) mass is 226 g/mol. The van der Waals surface area contributed by atoms with E-state index in [1.54, 1.807) is 12.1 Å². The highest BCUT2D eigenvalue weighted by Gasteiger charge is 2.61. The number of aliphatic hydroxyl groups is 1. The summed E-state index contributed by atoms with van der Waals surface area (Å²) in [6.07, 6.45) is 0.461. The fourth-order valence-corrected chi connectivity index (χ4v) is 2.22. The van der Waals surface area contributed by atoms with Crippen molar-refractivity contribution < 1.29 is 15.0 Å². The van der Waals surface area contributed by atoms with Crippen molar-refractivity contribution in [1.82, 2.24) is 0 Å². The van der Waals surface area contributed by atoms with Gasteiger partial charge < -0.3 is 10.2 Å².